The summed E-state index contributed by atoms with van der Waals surface area (Å²) in [7, 11) is 1.73. The Hall–Kier alpha value is -2.05. The van der Waals surface area contributed by atoms with E-state index in [4.69, 9.17) is 0 Å². The predicted molar refractivity (Wildman–Crippen MR) is 50.3 cm³/mol. The minimum absolute atomic E-state index is 0.376. The molecule has 0 aromatic carbocycles. The zero-order valence-electron chi connectivity index (χ0n) is 8.05. The molecule has 0 aliphatic heterocycles. The molecule has 0 saturated heterocycles. The van der Waals surface area contributed by atoms with Crippen molar-refractivity contribution in [2.75, 3.05) is 5.32 Å². The maximum absolute atomic E-state index is 12.7. The topological polar surface area (TPSA) is 68.5 Å². The van der Waals surface area contributed by atoms with E-state index in [2.05, 4.69) is 25.5 Å². The number of hydrogen-bond acceptors (Lipinski definition) is 5. The van der Waals surface area contributed by atoms with Gasteiger partial charge in [-0.25, -0.2) is 0 Å². The maximum atomic E-state index is 12.7. The van der Waals surface area contributed by atoms with E-state index < -0.39 is 5.95 Å². The van der Waals surface area contributed by atoms with Crippen LogP contribution < -0.4 is 5.32 Å². The molecule has 0 bridgehead atoms. The van der Waals surface area contributed by atoms with E-state index in [0.29, 0.717) is 12.4 Å². The van der Waals surface area contributed by atoms with Crippen LogP contribution in [-0.2, 0) is 13.6 Å². The molecule has 0 atom stereocenters. The molecule has 78 valence electrons. The Morgan fingerprint density at radius 1 is 1.40 bits per heavy atom. The molecule has 0 saturated carbocycles. The lowest BCUT2D eigenvalue weighted by Gasteiger charge is -2.01. The van der Waals surface area contributed by atoms with Crippen molar-refractivity contribution in [1.82, 2.24) is 25.0 Å². The Balaban J connectivity index is 1.99. The van der Waals surface area contributed by atoms with E-state index in [1.807, 2.05) is 0 Å². The van der Waals surface area contributed by atoms with E-state index in [1.165, 1.54) is 11.0 Å². The highest BCUT2D eigenvalue weighted by molar-refractivity contribution is 5.30. The van der Waals surface area contributed by atoms with E-state index in [9.17, 15) is 4.39 Å². The summed E-state index contributed by atoms with van der Waals surface area (Å²) in [4.78, 5) is 8.71. The summed E-state index contributed by atoms with van der Waals surface area (Å²) < 4.78 is 12.7. The monoisotopic (exact) mass is 208 g/mol. The third-order valence-electron chi connectivity index (χ3n) is 1.70. The van der Waals surface area contributed by atoms with E-state index in [0.717, 1.165) is 11.9 Å². The van der Waals surface area contributed by atoms with Crippen LogP contribution in [0.3, 0.4) is 0 Å². The van der Waals surface area contributed by atoms with Gasteiger partial charge >= 0.3 is 0 Å². The third kappa shape index (κ3) is 2.46. The highest BCUT2D eigenvalue weighted by Gasteiger charge is 2.00. The van der Waals surface area contributed by atoms with Gasteiger partial charge in [-0.2, -0.15) is 24.4 Å². The summed E-state index contributed by atoms with van der Waals surface area (Å²) in [6.45, 7) is 0.436. The molecule has 0 amide bonds. The average Bonchev–Trinajstić information content (AvgIpc) is 2.62. The summed E-state index contributed by atoms with van der Waals surface area (Å²) in [6, 6.07) is 0. The normalized spacial score (nSPS) is 10.3. The number of hydrogen-bond donors (Lipinski definition) is 1. The van der Waals surface area contributed by atoms with Gasteiger partial charge in [0, 0.05) is 7.05 Å². The first kappa shape index (κ1) is 9.50. The molecule has 2 aromatic rings. The molecular weight excluding hydrogens is 199 g/mol. The van der Waals surface area contributed by atoms with Crippen LogP contribution in [0.15, 0.2) is 18.6 Å². The number of aryl methyl sites for hydroxylation is 1. The van der Waals surface area contributed by atoms with Crippen LogP contribution in [0.25, 0.3) is 0 Å². The lowest BCUT2D eigenvalue weighted by Crippen LogP contribution is -2.04. The third-order valence-corrected chi connectivity index (χ3v) is 1.70. The van der Waals surface area contributed by atoms with Gasteiger partial charge < -0.3 is 5.32 Å². The fourth-order valence-electron chi connectivity index (χ4n) is 1.08. The molecule has 0 aliphatic carbocycles. The van der Waals surface area contributed by atoms with Gasteiger partial charge in [0.1, 0.15) is 11.5 Å². The lowest BCUT2D eigenvalue weighted by atomic mass is 10.5. The summed E-state index contributed by atoms with van der Waals surface area (Å²) >= 11 is 0. The first-order valence-corrected chi connectivity index (χ1v) is 4.30. The standard InChI is InChI=1S/C8H9FN6/c1-15-12-3-6(14-15)2-11-8-5-10-4-7(9)13-8/h3-5H,2H2,1H3,(H,11,13). The number of rotatable bonds is 3. The van der Waals surface area contributed by atoms with Crippen molar-refractivity contribution >= 4 is 5.82 Å². The Labute approximate surface area is 85.2 Å². The summed E-state index contributed by atoms with van der Waals surface area (Å²) in [5, 5.41) is 10.8. The Kier molecular flexibility index (Phi) is 2.53. The molecule has 2 aromatic heterocycles. The van der Waals surface area contributed by atoms with Gasteiger partial charge in [-0.15, -0.1) is 0 Å². The van der Waals surface area contributed by atoms with Crippen molar-refractivity contribution in [3.8, 4) is 0 Å². The zero-order chi connectivity index (χ0) is 10.7. The maximum Gasteiger partial charge on any atom is 0.233 e. The lowest BCUT2D eigenvalue weighted by molar-refractivity contribution is 0.577. The summed E-state index contributed by atoms with van der Waals surface area (Å²) in [5.74, 6) is -0.236. The molecule has 2 heterocycles. The minimum Gasteiger partial charge on any atom is -0.363 e. The first-order chi connectivity index (χ1) is 7.24. The van der Waals surface area contributed by atoms with Crippen LogP contribution in [0.4, 0.5) is 10.2 Å². The van der Waals surface area contributed by atoms with Crippen molar-refractivity contribution < 1.29 is 4.39 Å². The first-order valence-electron chi connectivity index (χ1n) is 4.30. The molecule has 2 rings (SSSR count). The van der Waals surface area contributed by atoms with Gasteiger partial charge in [0.2, 0.25) is 5.95 Å². The van der Waals surface area contributed by atoms with Crippen LogP contribution in [-0.4, -0.2) is 25.0 Å². The summed E-state index contributed by atoms with van der Waals surface area (Å²) in [5.41, 5.74) is 0.753. The van der Waals surface area contributed by atoms with Crippen molar-refractivity contribution in [2.45, 2.75) is 6.54 Å². The second kappa shape index (κ2) is 3.99. The second-order valence-corrected chi connectivity index (χ2v) is 2.91. The van der Waals surface area contributed by atoms with Crippen LogP contribution >= 0.6 is 0 Å². The fourth-order valence-corrected chi connectivity index (χ4v) is 1.08. The molecule has 0 unspecified atom stereocenters. The molecule has 0 fully saturated rings. The van der Waals surface area contributed by atoms with Crippen LogP contribution in [0.1, 0.15) is 5.69 Å². The average molecular weight is 208 g/mol. The Bertz CT molecular complexity index is 454. The molecule has 15 heavy (non-hydrogen) atoms. The molecule has 0 aliphatic rings. The highest BCUT2D eigenvalue weighted by atomic mass is 19.1. The van der Waals surface area contributed by atoms with Crippen molar-refractivity contribution in [1.29, 1.82) is 0 Å². The van der Waals surface area contributed by atoms with E-state index in [1.54, 1.807) is 13.2 Å². The number of nitrogens with zero attached hydrogens (tertiary/aromatic N) is 5. The number of aromatic nitrogens is 5. The van der Waals surface area contributed by atoms with Gasteiger partial charge in [0.15, 0.2) is 0 Å². The van der Waals surface area contributed by atoms with Crippen molar-refractivity contribution in [2.24, 2.45) is 7.05 Å². The Morgan fingerprint density at radius 2 is 2.27 bits per heavy atom. The fraction of sp³-hybridized carbons (Fsp3) is 0.250. The van der Waals surface area contributed by atoms with Crippen LogP contribution in [0.2, 0.25) is 0 Å². The number of nitrogens with one attached hydrogen (secondary N) is 1. The van der Waals surface area contributed by atoms with E-state index in [-0.39, 0.29) is 0 Å². The van der Waals surface area contributed by atoms with Crippen LogP contribution in [0, 0.1) is 5.95 Å². The Morgan fingerprint density at radius 3 is 2.93 bits per heavy atom. The molecule has 6 nitrogen and oxygen atoms in total. The van der Waals surface area contributed by atoms with Gasteiger partial charge in [-0.05, 0) is 0 Å². The predicted octanol–water partition coefficient (Wildman–Crippen LogP) is 0.356. The van der Waals surface area contributed by atoms with Crippen molar-refractivity contribution in [3.63, 3.8) is 0 Å². The van der Waals surface area contributed by atoms with Crippen molar-refractivity contribution in [3.05, 3.63) is 30.2 Å². The highest BCUT2D eigenvalue weighted by Crippen LogP contribution is 2.02. The SMILES string of the molecule is Cn1ncc(CNc2cncc(F)n2)n1. The quantitative estimate of drug-likeness (QED) is 0.788. The molecule has 0 radical (unpaired) electrons. The van der Waals surface area contributed by atoms with Gasteiger partial charge in [0.05, 0.1) is 25.1 Å². The van der Waals surface area contributed by atoms with Gasteiger partial charge in [0.25, 0.3) is 0 Å². The smallest absolute Gasteiger partial charge is 0.233 e. The van der Waals surface area contributed by atoms with Crippen LogP contribution in [0.5, 0.6) is 0 Å². The van der Waals surface area contributed by atoms with Gasteiger partial charge in [-0.3, -0.25) is 4.98 Å². The number of halogens is 1. The van der Waals surface area contributed by atoms with E-state index >= 15 is 0 Å². The number of anilines is 1. The molecule has 1 N–H and O–H groups in total. The summed E-state index contributed by atoms with van der Waals surface area (Å²) in [6.07, 6.45) is 4.12. The van der Waals surface area contributed by atoms with Gasteiger partial charge in [-0.1, -0.05) is 0 Å². The zero-order valence-corrected chi connectivity index (χ0v) is 8.05. The second-order valence-electron chi connectivity index (χ2n) is 2.91. The largest absolute Gasteiger partial charge is 0.363 e. The molecule has 0 spiro atoms. The minimum atomic E-state index is -0.612. The molecular formula is C8H9FN6. The molecule has 7 heteroatoms.